The van der Waals surface area contributed by atoms with Gasteiger partial charge in [-0.3, -0.25) is 4.79 Å². The lowest BCUT2D eigenvalue weighted by atomic mass is 9.85. The Morgan fingerprint density at radius 2 is 1.88 bits per heavy atom. The van der Waals surface area contributed by atoms with Crippen LogP contribution in [0, 0.1) is 11.8 Å². The van der Waals surface area contributed by atoms with Crippen LogP contribution in [0.15, 0.2) is 0 Å². The average molecular weight is 467 g/mol. The van der Waals surface area contributed by atoms with Gasteiger partial charge in [0.2, 0.25) is 5.91 Å². The highest BCUT2D eigenvalue weighted by molar-refractivity contribution is 5.87. The lowest BCUT2D eigenvalue weighted by Gasteiger charge is -2.49. The van der Waals surface area contributed by atoms with Gasteiger partial charge >= 0.3 is 0 Å². The Morgan fingerprint density at radius 1 is 1.18 bits per heavy atom. The minimum absolute atomic E-state index is 0.0742. The molecule has 3 atom stereocenters. The van der Waals surface area contributed by atoms with Crippen LogP contribution in [0.3, 0.4) is 0 Å². The van der Waals surface area contributed by atoms with Gasteiger partial charge in [-0.2, -0.15) is 0 Å². The highest BCUT2D eigenvalue weighted by Crippen LogP contribution is 2.36. The molecule has 8 nitrogen and oxygen atoms in total. The number of likely N-dealkylation sites (tertiary alicyclic amines) is 1. The summed E-state index contributed by atoms with van der Waals surface area (Å²) in [6, 6.07) is -0.205. The van der Waals surface area contributed by atoms with E-state index in [1.54, 1.807) is 0 Å². The highest BCUT2D eigenvalue weighted by Gasteiger charge is 2.48. The van der Waals surface area contributed by atoms with Gasteiger partial charge in [-0.1, -0.05) is 27.7 Å². The third-order valence-electron chi connectivity index (χ3n) is 7.11. The maximum Gasteiger partial charge on any atom is 0.240 e. The first-order valence-electron chi connectivity index (χ1n) is 12.8. The summed E-state index contributed by atoms with van der Waals surface area (Å²) in [4.78, 5) is 32.5. The van der Waals surface area contributed by atoms with Crippen LogP contribution >= 0.6 is 0 Å². The van der Waals surface area contributed by atoms with E-state index in [0.717, 1.165) is 51.7 Å². The van der Waals surface area contributed by atoms with Crippen molar-refractivity contribution in [2.45, 2.75) is 76.9 Å². The number of rotatable bonds is 10. The molecule has 3 aliphatic heterocycles. The second-order valence-electron chi connectivity index (χ2n) is 11.4. The van der Waals surface area contributed by atoms with Crippen molar-refractivity contribution in [1.82, 2.24) is 20.0 Å². The number of hydrogen-bond donors (Lipinski definition) is 1. The minimum atomic E-state index is -0.794. The van der Waals surface area contributed by atoms with Gasteiger partial charge in [0, 0.05) is 52.1 Å². The summed E-state index contributed by atoms with van der Waals surface area (Å²) in [7, 11) is 4.10. The lowest BCUT2D eigenvalue weighted by Crippen LogP contribution is -2.67. The van der Waals surface area contributed by atoms with E-state index in [4.69, 9.17) is 9.47 Å². The molecule has 3 rings (SSSR count). The minimum Gasteiger partial charge on any atom is -0.347 e. The number of piperidine rings is 1. The number of hydrogen-bond acceptors (Lipinski definition) is 7. The number of ether oxygens (including phenoxy) is 2. The van der Waals surface area contributed by atoms with Crippen LogP contribution < -0.4 is 5.32 Å². The van der Waals surface area contributed by atoms with Crippen LogP contribution in [0.25, 0.3) is 0 Å². The molecule has 1 N–H and O–H groups in total. The van der Waals surface area contributed by atoms with Crippen LogP contribution in [0.4, 0.5) is 0 Å². The zero-order chi connectivity index (χ0) is 24.2. The van der Waals surface area contributed by atoms with Crippen LogP contribution in [0.5, 0.6) is 0 Å². The van der Waals surface area contributed by atoms with Crippen molar-refractivity contribution >= 4 is 12.2 Å². The Hall–Kier alpha value is -1.06. The average Bonchev–Trinajstić information content (AvgIpc) is 3.11. The standard InChI is InChI=1S/C25H46N4O4/c1-19(2)13-22-23(31)29(12-9-26-22)24(18-30,14-20(3)4)17-28-10-7-25(8-11-28)32-16-21(33-25)15-27(5)6/h18-22,26H,7-17H2,1-6H3/t21?,22-,24+/m0/s1. The third-order valence-corrected chi connectivity index (χ3v) is 7.11. The molecular weight excluding hydrogens is 420 g/mol. The zero-order valence-corrected chi connectivity index (χ0v) is 21.6. The molecule has 0 saturated carbocycles. The van der Waals surface area contributed by atoms with E-state index in [9.17, 15) is 9.59 Å². The summed E-state index contributed by atoms with van der Waals surface area (Å²) in [5, 5.41) is 3.38. The molecule has 1 amide bonds. The Labute approximate surface area is 200 Å². The molecule has 0 aromatic rings. The van der Waals surface area contributed by atoms with E-state index in [-0.39, 0.29) is 18.1 Å². The summed E-state index contributed by atoms with van der Waals surface area (Å²) >= 11 is 0. The van der Waals surface area contributed by atoms with Crippen LogP contribution in [-0.4, -0.2) is 110 Å². The van der Waals surface area contributed by atoms with Crippen molar-refractivity contribution in [3.05, 3.63) is 0 Å². The van der Waals surface area contributed by atoms with E-state index < -0.39 is 11.3 Å². The maximum absolute atomic E-state index is 13.5. The number of likely N-dealkylation sites (N-methyl/N-ethyl adjacent to an activating group) is 1. The SMILES string of the molecule is CC(C)C[C@@H]1NCCN([C@](C=O)(CC(C)C)CN2CCC3(CC2)OCC(CN(C)C)O3)C1=O. The van der Waals surface area contributed by atoms with E-state index >= 15 is 0 Å². The van der Waals surface area contributed by atoms with Gasteiger partial charge in [-0.25, -0.2) is 0 Å². The molecule has 0 bridgehead atoms. The van der Waals surface area contributed by atoms with Crippen molar-refractivity contribution in [3.63, 3.8) is 0 Å². The van der Waals surface area contributed by atoms with E-state index in [1.807, 2.05) is 19.0 Å². The van der Waals surface area contributed by atoms with Crippen molar-refractivity contribution in [3.8, 4) is 0 Å². The molecule has 0 aromatic carbocycles. The predicted molar refractivity (Wildman–Crippen MR) is 129 cm³/mol. The summed E-state index contributed by atoms with van der Waals surface area (Å²) < 4.78 is 12.5. The fraction of sp³-hybridized carbons (Fsp3) is 0.920. The van der Waals surface area contributed by atoms with E-state index in [0.29, 0.717) is 38.0 Å². The van der Waals surface area contributed by atoms with Crippen molar-refractivity contribution in [2.24, 2.45) is 11.8 Å². The Bertz CT molecular complexity index is 663. The summed E-state index contributed by atoms with van der Waals surface area (Å²) in [6.45, 7) is 13.5. The van der Waals surface area contributed by atoms with E-state index in [1.165, 1.54) is 0 Å². The highest BCUT2D eigenvalue weighted by atomic mass is 16.7. The van der Waals surface area contributed by atoms with Gasteiger partial charge in [0.15, 0.2) is 5.79 Å². The van der Waals surface area contributed by atoms with Crippen molar-refractivity contribution in [2.75, 3.05) is 60.0 Å². The number of nitrogens with zero attached hydrogens (tertiary/aromatic N) is 3. The first-order valence-corrected chi connectivity index (χ1v) is 12.8. The summed E-state index contributed by atoms with van der Waals surface area (Å²) in [6.07, 6.45) is 4.22. The number of carbonyl (C=O) groups excluding carboxylic acids is 2. The largest absolute Gasteiger partial charge is 0.347 e. The number of aldehydes is 1. The molecule has 1 unspecified atom stereocenters. The number of piperazine rings is 1. The normalized spacial score (nSPS) is 28.3. The predicted octanol–water partition coefficient (Wildman–Crippen LogP) is 1.59. The van der Waals surface area contributed by atoms with Gasteiger partial charge in [0.25, 0.3) is 0 Å². The molecule has 3 fully saturated rings. The van der Waals surface area contributed by atoms with Crippen molar-refractivity contribution in [1.29, 1.82) is 0 Å². The summed E-state index contributed by atoms with van der Waals surface area (Å²) in [5.41, 5.74) is -0.794. The Kier molecular flexibility index (Phi) is 8.94. The van der Waals surface area contributed by atoms with Crippen LogP contribution in [-0.2, 0) is 19.1 Å². The molecule has 190 valence electrons. The number of nitrogens with one attached hydrogen (secondary N) is 1. The fourth-order valence-corrected chi connectivity index (χ4v) is 5.77. The van der Waals surface area contributed by atoms with Gasteiger partial charge < -0.3 is 34.3 Å². The van der Waals surface area contributed by atoms with Crippen LogP contribution in [0.2, 0.25) is 0 Å². The number of amides is 1. The van der Waals surface area contributed by atoms with Gasteiger partial charge in [0.1, 0.15) is 11.8 Å². The Balaban J connectivity index is 1.68. The van der Waals surface area contributed by atoms with E-state index in [2.05, 4.69) is 42.8 Å². The summed E-state index contributed by atoms with van der Waals surface area (Å²) in [5.74, 6) is 0.311. The molecule has 3 saturated heterocycles. The molecular formula is C25H46N4O4. The van der Waals surface area contributed by atoms with Crippen LogP contribution in [0.1, 0.15) is 53.4 Å². The van der Waals surface area contributed by atoms with Gasteiger partial charge in [-0.05, 0) is 38.8 Å². The molecule has 0 aliphatic carbocycles. The lowest BCUT2D eigenvalue weighted by molar-refractivity contribution is -0.197. The Morgan fingerprint density at radius 3 is 2.45 bits per heavy atom. The first-order chi connectivity index (χ1) is 15.6. The molecule has 8 heteroatoms. The number of carbonyl (C=O) groups is 2. The van der Waals surface area contributed by atoms with Crippen molar-refractivity contribution < 1.29 is 19.1 Å². The second kappa shape index (κ2) is 11.1. The van der Waals surface area contributed by atoms with Gasteiger partial charge in [0.05, 0.1) is 18.8 Å². The zero-order valence-electron chi connectivity index (χ0n) is 21.6. The van der Waals surface area contributed by atoms with Gasteiger partial charge in [-0.15, -0.1) is 0 Å². The fourth-order valence-electron chi connectivity index (χ4n) is 5.77. The monoisotopic (exact) mass is 466 g/mol. The quantitative estimate of drug-likeness (QED) is 0.490. The topological polar surface area (TPSA) is 74.3 Å². The molecule has 3 aliphatic rings. The molecule has 3 heterocycles. The maximum atomic E-state index is 13.5. The smallest absolute Gasteiger partial charge is 0.240 e. The molecule has 33 heavy (non-hydrogen) atoms. The first kappa shape index (κ1) is 26.5. The molecule has 0 aromatic heterocycles. The second-order valence-corrected chi connectivity index (χ2v) is 11.4. The molecule has 0 radical (unpaired) electrons. The third kappa shape index (κ3) is 6.54. The molecule has 1 spiro atoms.